The smallest absolute Gasteiger partial charge is 0.232 e. The van der Waals surface area contributed by atoms with Crippen LogP contribution in [0.4, 0.5) is 0 Å². The monoisotopic (exact) mass is 361 g/mol. The van der Waals surface area contributed by atoms with Crippen LogP contribution >= 0.6 is 0 Å². The number of aromatic amines is 1. The number of aromatic nitrogens is 1. The lowest BCUT2D eigenvalue weighted by atomic mass is 9.86. The minimum Gasteiger partial charge on any atom is -0.504 e. The number of fused-ring (bicyclic) bond motifs is 1. The summed E-state index contributed by atoms with van der Waals surface area (Å²) in [5.74, 6) is -2.43. The van der Waals surface area contributed by atoms with Crippen molar-refractivity contribution in [3.8, 4) is 5.75 Å². The van der Waals surface area contributed by atoms with E-state index in [4.69, 9.17) is 4.74 Å². The summed E-state index contributed by atoms with van der Waals surface area (Å²) in [4.78, 5) is 28.6. The highest BCUT2D eigenvalue weighted by atomic mass is 16.5. The highest BCUT2D eigenvalue weighted by Crippen LogP contribution is 2.36. The Bertz CT molecular complexity index is 1150. The van der Waals surface area contributed by atoms with Crippen LogP contribution < -0.4 is 4.74 Å². The number of ether oxygens (including phenoxy) is 1. The maximum absolute atomic E-state index is 12.8. The molecule has 1 aromatic heterocycles. The SMILES string of the molecule is COc1ccc(C2=C(O)C(=O)C(c3c[nH]c4ccccc34)=C(O)C2=O)cc1. The van der Waals surface area contributed by atoms with Crippen molar-refractivity contribution < 1.29 is 24.5 Å². The first kappa shape index (κ1) is 16.7. The van der Waals surface area contributed by atoms with Crippen molar-refractivity contribution in [1.29, 1.82) is 0 Å². The number of aliphatic hydroxyl groups excluding tert-OH is 2. The van der Waals surface area contributed by atoms with Crippen molar-refractivity contribution in [3.05, 3.63) is 77.4 Å². The third-order valence-corrected chi connectivity index (χ3v) is 4.60. The molecular formula is C21H15NO5. The highest BCUT2D eigenvalue weighted by Gasteiger charge is 2.37. The number of methoxy groups -OCH3 is 1. The zero-order valence-corrected chi connectivity index (χ0v) is 14.3. The van der Waals surface area contributed by atoms with E-state index in [1.54, 1.807) is 36.4 Å². The fraction of sp³-hybridized carbons (Fsp3) is 0.0476. The molecule has 1 aliphatic rings. The molecule has 2 aromatic carbocycles. The Labute approximate surface area is 154 Å². The predicted octanol–water partition coefficient (Wildman–Crippen LogP) is 3.57. The first-order valence-electron chi connectivity index (χ1n) is 8.19. The molecule has 0 aliphatic heterocycles. The van der Waals surface area contributed by atoms with E-state index in [0.717, 1.165) is 5.52 Å². The van der Waals surface area contributed by atoms with Gasteiger partial charge < -0.3 is 19.9 Å². The van der Waals surface area contributed by atoms with Crippen LogP contribution in [-0.4, -0.2) is 33.9 Å². The summed E-state index contributed by atoms with van der Waals surface area (Å²) in [6, 6.07) is 13.5. The van der Waals surface area contributed by atoms with Crippen LogP contribution in [0.1, 0.15) is 11.1 Å². The quantitative estimate of drug-likeness (QED) is 0.619. The predicted molar refractivity (Wildman–Crippen MR) is 100 cm³/mol. The van der Waals surface area contributed by atoms with Crippen molar-refractivity contribution in [1.82, 2.24) is 4.98 Å². The molecule has 0 bridgehead atoms. The number of H-pyrrole nitrogens is 1. The van der Waals surface area contributed by atoms with Gasteiger partial charge in [0.2, 0.25) is 11.6 Å². The van der Waals surface area contributed by atoms with Crippen molar-refractivity contribution in [2.24, 2.45) is 0 Å². The van der Waals surface area contributed by atoms with E-state index in [1.165, 1.54) is 13.3 Å². The van der Waals surface area contributed by atoms with Gasteiger partial charge in [-0.05, 0) is 23.8 Å². The van der Waals surface area contributed by atoms with Gasteiger partial charge in [-0.3, -0.25) is 9.59 Å². The molecule has 6 nitrogen and oxygen atoms in total. The number of carbonyl (C=O) groups is 2. The normalized spacial score (nSPS) is 15.0. The Kier molecular flexibility index (Phi) is 3.81. The van der Waals surface area contributed by atoms with Gasteiger partial charge >= 0.3 is 0 Å². The van der Waals surface area contributed by atoms with Crippen molar-refractivity contribution in [2.75, 3.05) is 7.11 Å². The third-order valence-electron chi connectivity index (χ3n) is 4.60. The molecule has 0 saturated carbocycles. The van der Waals surface area contributed by atoms with Crippen LogP contribution in [0.15, 0.2) is 66.2 Å². The van der Waals surface area contributed by atoms with Gasteiger partial charge in [0.05, 0.1) is 18.3 Å². The van der Waals surface area contributed by atoms with Gasteiger partial charge in [0.15, 0.2) is 11.5 Å². The van der Waals surface area contributed by atoms with Crippen LogP contribution in [0.25, 0.3) is 22.0 Å². The molecule has 0 fully saturated rings. The molecule has 134 valence electrons. The van der Waals surface area contributed by atoms with Gasteiger partial charge in [0.25, 0.3) is 0 Å². The Balaban J connectivity index is 1.85. The largest absolute Gasteiger partial charge is 0.504 e. The molecule has 0 unspecified atom stereocenters. The second-order valence-corrected chi connectivity index (χ2v) is 6.08. The fourth-order valence-electron chi connectivity index (χ4n) is 3.23. The number of carbonyl (C=O) groups excluding carboxylic acids is 2. The molecule has 0 amide bonds. The minimum atomic E-state index is -0.808. The molecule has 1 heterocycles. The van der Waals surface area contributed by atoms with Gasteiger partial charge in [-0.1, -0.05) is 30.3 Å². The van der Waals surface area contributed by atoms with E-state index < -0.39 is 23.1 Å². The number of nitrogens with one attached hydrogen (secondary N) is 1. The summed E-state index contributed by atoms with van der Waals surface area (Å²) >= 11 is 0. The number of benzene rings is 2. The summed E-state index contributed by atoms with van der Waals surface area (Å²) in [6.45, 7) is 0. The number of allylic oxidation sites excluding steroid dienone is 2. The summed E-state index contributed by atoms with van der Waals surface area (Å²) in [7, 11) is 1.50. The van der Waals surface area contributed by atoms with Crippen LogP contribution in [0.2, 0.25) is 0 Å². The number of para-hydroxylation sites is 1. The van der Waals surface area contributed by atoms with Gasteiger partial charge in [0, 0.05) is 22.7 Å². The molecule has 3 aromatic rings. The van der Waals surface area contributed by atoms with E-state index in [9.17, 15) is 19.8 Å². The molecule has 27 heavy (non-hydrogen) atoms. The second kappa shape index (κ2) is 6.17. The molecule has 6 heteroatoms. The van der Waals surface area contributed by atoms with Crippen molar-refractivity contribution >= 4 is 33.6 Å². The van der Waals surface area contributed by atoms with E-state index in [-0.39, 0.29) is 11.1 Å². The molecular weight excluding hydrogens is 346 g/mol. The van der Waals surface area contributed by atoms with E-state index >= 15 is 0 Å². The summed E-state index contributed by atoms with van der Waals surface area (Å²) in [6.07, 6.45) is 1.53. The number of Topliss-reactive ketones (excluding diaryl/α,β-unsaturated/α-hetero) is 2. The molecule has 0 radical (unpaired) electrons. The number of hydrogen-bond acceptors (Lipinski definition) is 5. The fourth-order valence-corrected chi connectivity index (χ4v) is 3.23. The lowest BCUT2D eigenvalue weighted by molar-refractivity contribution is -0.116. The summed E-state index contributed by atoms with van der Waals surface area (Å²) in [5.41, 5.74) is 0.978. The topological polar surface area (TPSA) is 99.6 Å². The Hall–Kier alpha value is -3.80. The summed E-state index contributed by atoms with van der Waals surface area (Å²) < 4.78 is 5.07. The van der Waals surface area contributed by atoms with E-state index in [1.807, 2.05) is 12.1 Å². The molecule has 0 saturated heterocycles. The molecule has 0 atom stereocenters. The number of ketones is 2. The minimum absolute atomic E-state index is 0.216. The van der Waals surface area contributed by atoms with E-state index in [2.05, 4.69) is 4.98 Å². The molecule has 0 spiro atoms. The van der Waals surface area contributed by atoms with Gasteiger partial charge in [-0.15, -0.1) is 0 Å². The second-order valence-electron chi connectivity index (χ2n) is 6.08. The first-order chi connectivity index (χ1) is 13.0. The Morgan fingerprint density at radius 1 is 0.852 bits per heavy atom. The number of aliphatic hydroxyl groups is 2. The average molecular weight is 361 g/mol. The van der Waals surface area contributed by atoms with Crippen LogP contribution in [0, 0.1) is 0 Å². The van der Waals surface area contributed by atoms with Crippen LogP contribution in [-0.2, 0) is 9.59 Å². The number of rotatable bonds is 3. The van der Waals surface area contributed by atoms with Crippen molar-refractivity contribution in [3.63, 3.8) is 0 Å². The van der Waals surface area contributed by atoms with E-state index in [0.29, 0.717) is 22.3 Å². The van der Waals surface area contributed by atoms with Gasteiger partial charge in [-0.2, -0.15) is 0 Å². The molecule has 3 N–H and O–H groups in total. The zero-order chi connectivity index (χ0) is 19.1. The standard InChI is InChI=1S/C21H15NO5/c1-27-12-8-6-11(7-9-12)16-18(23)20(25)17(21(26)19(16)24)14-10-22-15-5-3-2-4-13(14)15/h2-10,22-23,26H,1H3. The number of hydrogen-bond donors (Lipinski definition) is 3. The zero-order valence-electron chi connectivity index (χ0n) is 14.3. The molecule has 4 rings (SSSR count). The lowest BCUT2D eigenvalue weighted by Gasteiger charge is -2.18. The maximum atomic E-state index is 12.8. The lowest BCUT2D eigenvalue weighted by Crippen LogP contribution is -2.22. The van der Waals surface area contributed by atoms with Gasteiger partial charge in [-0.25, -0.2) is 0 Å². The third kappa shape index (κ3) is 2.50. The van der Waals surface area contributed by atoms with Crippen LogP contribution in [0.5, 0.6) is 5.75 Å². The average Bonchev–Trinajstić information content (AvgIpc) is 3.11. The van der Waals surface area contributed by atoms with Crippen molar-refractivity contribution in [2.45, 2.75) is 0 Å². The maximum Gasteiger partial charge on any atom is 0.232 e. The van der Waals surface area contributed by atoms with Gasteiger partial charge in [0.1, 0.15) is 5.75 Å². The Morgan fingerprint density at radius 2 is 1.48 bits per heavy atom. The Morgan fingerprint density at radius 3 is 2.19 bits per heavy atom. The van der Waals surface area contributed by atoms with Crippen LogP contribution in [0.3, 0.4) is 0 Å². The molecule has 1 aliphatic carbocycles. The highest BCUT2D eigenvalue weighted by molar-refractivity contribution is 6.47. The summed E-state index contributed by atoms with van der Waals surface area (Å²) in [5, 5.41) is 21.7. The first-order valence-corrected chi connectivity index (χ1v) is 8.19.